The smallest absolute Gasteiger partial charge is 0.329 e. The van der Waals surface area contributed by atoms with Gasteiger partial charge in [0.15, 0.2) is 0 Å². The molecule has 22 heavy (non-hydrogen) atoms. The van der Waals surface area contributed by atoms with E-state index < -0.39 is 11.5 Å². The first kappa shape index (κ1) is 16.1. The highest BCUT2D eigenvalue weighted by atomic mass is 16.5. The first-order valence-electron chi connectivity index (χ1n) is 7.26. The van der Waals surface area contributed by atoms with E-state index in [0.29, 0.717) is 29.9 Å². The van der Waals surface area contributed by atoms with Crippen LogP contribution in [0.4, 0.5) is 0 Å². The number of amides is 1. The Morgan fingerprint density at radius 1 is 1.23 bits per heavy atom. The number of ether oxygens (including phenoxy) is 2. The third kappa shape index (κ3) is 3.32. The van der Waals surface area contributed by atoms with Gasteiger partial charge in [-0.2, -0.15) is 0 Å². The maximum atomic E-state index is 12.3. The highest BCUT2D eigenvalue weighted by molar-refractivity contribution is 5.88. The van der Waals surface area contributed by atoms with Gasteiger partial charge >= 0.3 is 5.97 Å². The second-order valence-electron chi connectivity index (χ2n) is 5.50. The Hall–Kier alpha value is -2.24. The van der Waals surface area contributed by atoms with Gasteiger partial charge in [-0.15, -0.1) is 0 Å². The van der Waals surface area contributed by atoms with Crippen LogP contribution in [0.3, 0.4) is 0 Å². The molecule has 0 unspecified atom stereocenters. The van der Waals surface area contributed by atoms with E-state index in [1.54, 1.807) is 25.3 Å². The standard InChI is InChI=1S/C16H21NO5/c1-21-12-5-6-13(22-2)11(9-12)10-14(18)17-16(15(19)20)7-3-4-8-16/h5-6,9H,3-4,7-8,10H2,1-2H3,(H,17,18)(H,19,20). The van der Waals surface area contributed by atoms with E-state index in [2.05, 4.69) is 5.32 Å². The van der Waals surface area contributed by atoms with Crippen molar-refractivity contribution in [1.29, 1.82) is 0 Å². The summed E-state index contributed by atoms with van der Waals surface area (Å²) in [6.45, 7) is 0. The van der Waals surface area contributed by atoms with Gasteiger partial charge in [0.05, 0.1) is 20.6 Å². The van der Waals surface area contributed by atoms with Crippen molar-refractivity contribution in [2.24, 2.45) is 0 Å². The van der Waals surface area contributed by atoms with E-state index in [9.17, 15) is 14.7 Å². The van der Waals surface area contributed by atoms with Gasteiger partial charge in [-0.05, 0) is 31.0 Å². The molecule has 6 heteroatoms. The van der Waals surface area contributed by atoms with Crippen LogP contribution in [0.25, 0.3) is 0 Å². The molecule has 0 atom stereocenters. The third-order valence-electron chi connectivity index (χ3n) is 4.08. The van der Waals surface area contributed by atoms with Crippen LogP contribution in [0, 0.1) is 0 Å². The Kier molecular flexibility index (Phi) is 4.90. The van der Waals surface area contributed by atoms with Crippen LogP contribution in [0.1, 0.15) is 31.2 Å². The third-order valence-corrected chi connectivity index (χ3v) is 4.08. The average molecular weight is 307 g/mol. The number of hydrogen-bond acceptors (Lipinski definition) is 4. The molecule has 1 aliphatic rings. The van der Waals surface area contributed by atoms with E-state index in [-0.39, 0.29) is 12.3 Å². The lowest BCUT2D eigenvalue weighted by atomic mass is 9.97. The Morgan fingerprint density at radius 2 is 1.91 bits per heavy atom. The lowest BCUT2D eigenvalue weighted by Crippen LogP contribution is -2.52. The highest BCUT2D eigenvalue weighted by Gasteiger charge is 2.42. The molecule has 0 spiro atoms. The molecule has 2 N–H and O–H groups in total. The number of carboxylic acids is 1. The van der Waals surface area contributed by atoms with Gasteiger partial charge in [-0.3, -0.25) is 4.79 Å². The van der Waals surface area contributed by atoms with Crippen molar-refractivity contribution in [3.63, 3.8) is 0 Å². The second kappa shape index (κ2) is 6.68. The normalized spacial score (nSPS) is 16.1. The summed E-state index contributed by atoms with van der Waals surface area (Å²) in [4.78, 5) is 23.8. The number of benzene rings is 1. The monoisotopic (exact) mass is 307 g/mol. The summed E-state index contributed by atoms with van der Waals surface area (Å²) in [7, 11) is 3.07. The van der Waals surface area contributed by atoms with E-state index >= 15 is 0 Å². The van der Waals surface area contributed by atoms with Crippen molar-refractivity contribution < 1.29 is 24.2 Å². The summed E-state index contributed by atoms with van der Waals surface area (Å²) in [6, 6.07) is 5.19. The zero-order chi connectivity index (χ0) is 16.2. The molecule has 1 aromatic rings. The molecule has 0 bridgehead atoms. The Morgan fingerprint density at radius 3 is 2.45 bits per heavy atom. The highest BCUT2D eigenvalue weighted by Crippen LogP contribution is 2.30. The minimum Gasteiger partial charge on any atom is -0.497 e. The summed E-state index contributed by atoms with van der Waals surface area (Å²) in [5.74, 6) is -0.0871. The number of carbonyl (C=O) groups is 2. The number of carboxylic acid groups (broad SMARTS) is 1. The van der Waals surface area contributed by atoms with Crippen molar-refractivity contribution in [2.45, 2.75) is 37.6 Å². The van der Waals surface area contributed by atoms with E-state index in [4.69, 9.17) is 9.47 Å². The van der Waals surface area contributed by atoms with Gasteiger partial charge in [-0.1, -0.05) is 12.8 Å². The zero-order valence-electron chi connectivity index (χ0n) is 12.8. The van der Waals surface area contributed by atoms with Crippen LogP contribution in [-0.2, 0) is 16.0 Å². The number of methoxy groups -OCH3 is 2. The number of nitrogens with one attached hydrogen (secondary N) is 1. The van der Waals surface area contributed by atoms with Gasteiger partial charge < -0.3 is 19.9 Å². The fourth-order valence-corrected chi connectivity index (χ4v) is 2.88. The molecule has 1 aliphatic carbocycles. The molecule has 0 radical (unpaired) electrons. The lowest BCUT2D eigenvalue weighted by molar-refractivity contribution is -0.147. The first-order valence-corrected chi connectivity index (χ1v) is 7.26. The number of aliphatic carboxylic acids is 1. The second-order valence-corrected chi connectivity index (χ2v) is 5.50. The predicted octanol–water partition coefficient (Wildman–Crippen LogP) is 1.76. The molecule has 120 valence electrons. The maximum Gasteiger partial charge on any atom is 0.329 e. The number of carbonyl (C=O) groups excluding carboxylic acids is 1. The van der Waals surface area contributed by atoms with Gasteiger partial charge in [0.1, 0.15) is 17.0 Å². The summed E-state index contributed by atoms with van der Waals surface area (Å²) in [6.07, 6.45) is 2.63. The Labute approximate surface area is 129 Å². The number of rotatable bonds is 6. The summed E-state index contributed by atoms with van der Waals surface area (Å²) < 4.78 is 10.4. The summed E-state index contributed by atoms with van der Waals surface area (Å²) in [5.41, 5.74) is -0.457. The molecule has 1 aromatic carbocycles. The molecule has 0 aliphatic heterocycles. The molecule has 1 amide bonds. The average Bonchev–Trinajstić information content (AvgIpc) is 2.96. The van der Waals surface area contributed by atoms with Gasteiger partial charge in [0.25, 0.3) is 0 Å². The summed E-state index contributed by atoms with van der Waals surface area (Å²) >= 11 is 0. The van der Waals surface area contributed by atoms with Crippen LogP contribution in [0.2, 0.25) is 0 Å². The fourth-order valence-electron chi connectivity index (χ4n) is 2.88. The van der Waals surface area contributed by atoms with Gasteiger partial charge in [0.2, 0.25) is 5.91 Å². The van der Waals surface area contributed by atoms with Crippen LogP contribution < -0.4 is 14.8 Å². The molecule has 0 saturated heterocycles. The van der Waals surface area contributed by atoms with E-state index in [1.807, 2.05) is 0 Å². The van der Waals surface area contributed by atoms with Crippen molar-refractivity contribution in [2.75, 3.05) is 14.2 Å². The molecular weight excluding hydrogens is 286 g/mol. The molecule has 1 fully saturated rings. The van der Waals surface area contributed by atoms with Crippen LogP contribution in [0.5, 0.6) is 11.5 Å². The van der Waals surface area contributed by atoms with Gasteiger partial charge in [-0.25, -0.2) is 4.79 Å². The van der Waals surface area contributed by atoms with E-state index in [1.165, 1.54) is 7.11 Å². The van der Waals surface area contributed by atoms with Crippen molar-refractivity contribution >= 4 is 11.9 Å². The van der Waals surface area contributed by atoms with E-state index in [0.717, 1.165) is 12.8 Å². The van der Waals surface area contributed by atoms with Crippen LogP contribution in [0.15, 0.2) is 18.2 Å². The molecule has 2 rings (SSSR count). The van der Waals surface area contributed by atoms with Crippen molar-refractivity contribution in [3.8, 4) is 11.5 Å². The number of hydrogen-bond donors (Lipinski definition) is 2. The molecule has 6 nitrogen and oxygen atoms in total. The molecule has 0 heterocycles. The molecule has 0 aromatic heterocycles. The SMILES string of the molecule is COc1ccc(OC)c(CC(=O)NC2(C(=O)O)CCCC2)c1. The van der Waals surface area contributed by atoms with Crippen molar-refractivity contribution in [3.05, 3.63) is 23.8 Å². The largest absolute Gasteiger partial charge is 0.497 e. The Balaban J connectivity index is 2.13. The van der Waals surface area contributed by atoms with Crippen LogP contribution in [-0.4, -0.2) is 36.7 Å². The molecule has 1 saturated carbocycles. The van der Waals surface area contributed by atoms with Crippen molar-refractivity contribution in [1.82, 2.24) is 5.32 Å². The zero-order valence-corrected chi connectivity index (χ0v) is 12.8. The minimum atomic E-state index is -1.12. The first-order chi connectivity index (χ1) is 10.5. The topological polar surface area (TPSA) is 84.9 Å². The lowest BCUT2D eigenvalue weighted by Gasteiger charge is -2.25. The maximum absolute atomic E-state index is 12.3. The Bertz CT molecular complexity index is 564. The fraction of sp³-hybridized carbons (Fsp3) is 0.500. The van der Waals surface area contributed by atoms with Gasteiger partial charge in [0, 0.05) is 5.56 Å². The predicted molar refractivity (Wildman–Crippen MR) is 80.2 cm³/mol. The minimum absolute atomic E-state index is 0.0510. The van der Waals surface area contributed by atoms with Crippen LogP contribution >= 0.6 is 0 Å². The summed E-state index contributed by atoms with van der Waals surface area (Å²) in [5, 5.41) is 12.1. The molecular formula is C16H21NO5. The quantitative estimate of drug-likeness (QED) is 0.836.